The first kappa shape index (κ1) is 22.2. The minimum atomic E-state index is -0.0987. The van der Waals surface area contributed by atoms with Crippen molar-refractivity contribution in [2.45, 2.75) is 129 Å². The van der Waals surface area contributed by atoms with Crippen LogP contribution in [0.4, 0.5) is 0 Å². The fourth-order valence-electron chi connectivity index (χ4n) is 6.63. The molecule has 0 saturated heterocycles. The van der Waals surface area contributed by atoms with Crippen molar-refractivity contribution in [2.75, 3.05) is 0 Å². The van der Waals surface area contributed by atoms with Gasteiger partial charge in [-0.25, -0.2) is 0 Å². The van der Waals surface area contributed by atoms with Crippen LogP contribution < -0.4 is 0 Å². The molecule has 2 nitrogen and oxygen atoms in total. The van der Waals surface area contributed by atoms with Gasteiger partial charge in [-0.3, -0.25) is 4.79 Å². The van der Waals surface area contributed by atoms with E-state index < -0.39 is 0 Å². The lowest BCUT2D eigenvalue weighted by Crippen LogP contribution is -2.29. The highest BCUT2D eigenvalue weighted by molar-refractivity contribution is 5.66. The molecule has 3 aliphatic carbocycles. The lowest BCUT2D eigenvalue weighted by Gasteiger charge is -2.38. The van der Waals surface area contributed by atoms with E-state index in [0.717, 1.165) is 42.4 Å². The van der Waals surface area contributed by atoms with Gasteiger partial charge in [-0.2, -0.15) is 0 Å². The molecule has 0 spiro atoms. The lowest BCUT2D eigenvalue weighted by molar-refractivity contribution is -0.148. The van der Waals surface area contributed by atoms with E-state index in [1.54, 1.807) is 6.92 Å². The average molecular weight is 391 g/mol. The summed E-state index contributed by atoms with van der Waals surface area (Å²) >= 11 is 0. The predicted octanol–water partition coefficient (Wildman–Crippen LogP) is 7.69. The maximum atomic E-state index is 11.1. The van der Waals surface area contributed by atoms with Gasteiger partial charge in [-0.15, -0.1) is 0 Å². The van der Waals surface area contributed by atoms with Crippen molar-refractivity contribution in [1.82, 2.24) is 0 Å². The van der Waals surface area contributed by atoms with E-state index in [4.69, 9.17) is 4.74 Å². The van der Waals surface area contributed by atoms with Gasteiger partial charge in [0.25, 0.3) is 0 Å². The Morgan fingerprint density at radius 1 is 0.679 bits per heavy atom. The molecule has 0 N–H and O–H groups in total. The summed E-state index contributed by atoms with van der Waals surface area (Å²) in [5, 5.41) is 0. The monoisotopic (exact) mass is 390 g/mol. The largest absolute Gasteiger partial charge is 0.463 e. The SMILES string of the molecule is CCCC[C@H]1CC[C@H](CC[C@H]2CC[C@H]([C@H]3CC[C@H](OC(C)=O)CC3)CC2)CC1. The molecule has 0 heterocycles. The van der Waals surface area contributed by atoms with Crippen molar-refractivity contribution in [1.29, 1.82) is 0 Å². The molecule has 3 fully saturated rings. The van der Waals surface area contributed by atoms with Gasteiger partial charge in [0, 0.05) is 6.92 Å². The molecule has 0 atom stereocenters. The van der Waals surface area contributed by atoms with Crippen LogP contribution >= 0.6 is 0 Å². The fraction of sp³-hybridized carbons (Fsp3) is 0.962. The third-order valence-corrected chi connectivity index (χ3v) is 8.52. The molecule has 0 bridgehead atoms. The number of hydrogen-bond donors (Lipinski definition) is 0. The zero-order valence-corrected chi connectivity index (χ0v) is 18.8. The summed E-state index contributed by atoms with van der Waals surface area (Å²) < 4.78 is 5.42. The van der Waals surface area contributed by atoms with Gasteiger partial charge in [0.05, 0.1) is 0 Å². The summed E-state index contributed by atoms with van der Waals surface area (Å²) in [4.78, 5) is 11.1. The van der Waals surface area contributed by atoms with Gasteiger partial charge in [0.1, 0.15) is 6.10 Å². The van der Waals surface area contributed by atoms with Crippen LogP contribution in [0, 0.1) is 29.6 Å². The van der Waals surface area contributed by atoms with E-state index in [9.17, 15) is 4.79 Å². The van der Waals surface area contributed by atoms with Crippen molar-refractivity contribution in [2.24, 2.45) is 29.6 Å². The second-order valence-electron chi connectivity index (χ2n) is 10.5. The second-order valence-corrected chi connectivity index (χ2v) is 10.5. The van der Waals surface area contributed by atoms with Crippen LogP contribution in [-0.4, -0.2) is 12.1 Å². The summed E-state index contributed by atoms with van der Waals surface area (Å²) in [5.41, 5.74) is 0. The Kier molecular flexibility index (Phi) is 9.18. The molecule has 0 amide bonds. The first-order valence-corrected chi connectivity index (χ1v) is 12.8. The van der Waals surface area contributed by atoms with E-state index in [1.165, 1.54) is 96.3 Å². The molecule has 3 aliphatic rings. The molecule has 0 radical (unpaired) electrons. The van der Waals surface area contributed by atoms with Crippen molar-refractivity contribution in [3.63, 3.8) is 0 Å². The molecule has 0 unspecified atom stereocenters. The van der Waals surface area contributed by atoms with Crippen LogP contribution in [0.15, 0.2) is 0 Å². The van der Waals surface area contributed by atoms with Gasteiger partial charge in [0.2, 0.25) is 0 Å². The summed E-state index contributed by atoms with van der Waals surface area (Å²) in [6, 6.07) is 0. The van der Waals surface area contributed by atoms with Crippen LogP contribution in [0.2, 0.25) is 0 Å². The highest BCUT2D eigenvalue weighted by atomic mass is 16.5. The zero-order chi connectivity index (χ0) is 19.8. The molecule has 3 rings (SSSR count). The van der Waals surface area contributed by atoms with E-state index in [1.807, 2.05) is 0 Å². The number of carbonyl (C=O) groups excluding carboxylic acids is 1. The highest BCUT2D eigenvalue weighted by Crippen LogP contribution is 2.42. The van der Waals surface area contributed by atoms with Gasteiger partial charge in [-0.1, -0.05) is 77.6 Å². The van der Waals surface area contributed by atoms with E-state index >= 15 is 0 Å². The first-order chi connectivity index (χ1) is 13.6. The summed E-state index contributed by atoms with van der Waals surface area (Å²) in [7, 11) is 0. The van der Waals surface area contributed by atoms with E-state index in [-0.39, 0.29) is 12.1 Å². The molecule has 0 aromatic carbocycles. The predicted molar refractivity (Wildman–Crippen MR) is 117 cm³/mol. The number of esters is 1. The third kappa shape index (κ3) is 7.06. The molecule has 0 aromatic rings. The molecule has 3 saturated carbocycles. The van der Waals surface area contributed by atoms with Crippen molar-refractivity contribution < 1.29 is 9.53 Å². The quantitative estimate of drug-likeness (QED) is 0.397. The third-order valence-electron chi connectivity index (χ3n) is 8.52. The van der Waals surface area contributed by atoms with Crippen LogP contribution in [-0.2, 0) is 9.53 Å². The summed E-state index contributed by atoms with van der Waals surface area (Å²) in [6.07, 6.45) is 24.3. The average Bonchev–Trinajstić information content (AvgIpc) is 2.72. The van der Waals surface area contributed by atoms with Gasteiger partial charge >= 0.3 is 5.97 Å². The summed E-state index contributed by atoms with van der Waals surface area (Å²) in [6.45, 7) is 3.87. The van der Waals surface area contributed by atoms with Gasteiger partial charge < -0.3 is 4.74 Å². The number of hydrogen-bond acceptors (Lipinski definition) is 2. The Bertz CT molecular complexity index is 435. The summed E-state index contributed by atoms with van der Waals surface area (Å²) in [5.74, 6) is 4.90. The highest BCUT2D eigenvalue weighted by Gasteiger charge is 2.32. The maximum Gasteiger partial charge on any atom is 0.302 e. The zero-order valence-electron chi connectivity index (χ0n) is 18.8. The Hall–Kier alpha value is -0.530. The topological polar surface area (TPSA) is 26.3 Å². The molecular formula is C26H46O2. The molecule has 0 aliphatic heterocycles. The molecule has 162 valence electrons. The van der Waals surface area contributed by atoms with Crippen LogP contribution in [0.25, 0.3) is 0 Å². The van der Waals surface area contributed by atoms with Crippen LogP contribution in [0.3, 0.4) is 0 Å². The molecule has 0 aromatic heterocycles. The Morgan fingerprint density at radius 2 is 1.11 bits per heavy atom. The molecule has 28 heavy (non-hydrogen) atoms. The smallest absolute Gasteiger partial charge is 0.302 e. The van der Waals surface area contributed by atoms with Gasteiger partial charge in [-0.05, 0) is 68.1 Å². The number of carbonyl (C=O) groups is 1. The number of unbranched alkanes of at least 4 members (excludes halogenated alkanes) is 1. The van der Waals surface area contributed by atoms with Gasteiger partial charge in [0.15, 0.2) is 0 Å². The Labute approximate surface area is 174 Å². The van der Waals surface area contributed by atoms with Crippen LogP contribution in [0.1, 0.15) is 123 Å². The van der Waals surface area contributed by atoms with E-state index in [0.29, 0.717) is 0 Å². The first-order valence-electron chi connectivity index (χ1n) is 12.8. The lowest BCUT2D eigenvalue weighted by atomic mass is 9.69. The fourth-order valence-corrected chi connectivity index (χ4v) is 6.63. The Morgan fingerprint density at radius 3 is 1.57 bits per heavy atom. The number of rotatable bonds is 8. The second kappa shape index (κ2) is 11.6. The molecular weight excluding hydrogens is 344 g/mol. The maximum absolute atomic E-state index is 11.1. The normalized spacial score (nSPS) is 36.8. The standard InChI is InChI=1S/C26H46O2/c1-3-4-5-21-6-8-22(9-7-21)10-11-23-12-14-24(15-13-23)25-16-18-26(19-17-25)28-20(2)27/h21-26H,3-19H2,1-2H3/t21-,22-,23-,24-,25-,26-. The molecule has 2 heteroatoms. The van der Waals surface area contributed by atoms with Crippen molar-refractivity contribution in [3.8, 4) is 0 Å². The van der Waals surface area contributed by atoms with E-state index in [2.05, 4.69) is 6.92 Å². The van der Waals surface area contributed by atoms with Crippen molar-refractivity contribution >= 4 is 5.97 Å². The Balaban J connectivity index is 1.26. The van der Waals surface area contributed by atoms with Crippen LogP contribution in [0.5, 0.6) is 0 Å². The van der Waals surface area contributed by atoms with Crippen molar-refractivity contribution in [3.05, 3.63) is 0 Å². The number of ether oxygens (including phenoxy) is 1. The minimum Gasteiger partial charge on any atom is -0.463 e. The minimum absolute atomic E-state index is 0.0987.